The number of benzene rings is 1. The smallest absolute Gasteiger partial charge is 0.0306 e. The molecule has 0 atom stereocenters. The van der Waals surface area contributed by atoms with E-state index in [0.29, 0.717) is 0 Å². The molecule has 0 spiro atoms. The van der Waals surface area contributed by atoms with Crippen LogP contribution in [0.2, 0.25) is 0 Å². The van der Waals surface area contributed by atoms with Gasteiger partial charge in [-0.15, -0.1) is 0 Å². The molecule has 1 N–H and O–H groups in total. The van der Waals surface area contributed by atoms with Gasteiger partial charge in [-0.2, -0.15) is 0 Å². The fourth-order valence-corrected chi connectivity index (χ4v) is 1.94. The fourth-order valence-electron chi connectivity index (χ4n) is 1.56. The lowest BCUT2D eigenvalue weighted by Gasteiger charge is -2.09. The predicted octanol–water partition coefficient (Wildman–Crippen LogP) is 3.05. The first-order valence-electron chi connectivity index (χ1n) is 4.05. The molecule has 1 nitrogen and oxygen atoms in total. The van der Waals surface area contributed by atoms with Gasteiger partial charge in [0.2, 0.25) is 0 Å². The number of hydrogen-bond acceptors (Lipinski definition) is 1. The Labute approximate surface area is 88.1 Å². The minimum absolute atomic E-state index is 0.957. The molecule has 0 heterocycles. The Morgan fingerprint density at radius 2 is 1.67 bits per heavy atom. The van der Waals surface area contributed by atoms with E-state index in [9.17, 15) is 0 Å². The van der Waals surface area contributed by atoms with E-state index in [2.05, 4.69) is 59.3 Å². The van der Waals surface area contributed by atoms with Crippen molar-refractivity contribution in [2.75, 3.05) is 0 Å². The second-order valence-electron chi connectivity index (χ2n) is 3.19. The average molecular weight is 275 g/mol. The summed E-state index contributed by atoms with van der Waals surface area (Å²) in [5.74, 6) is 0. The molecule has 0 aromatic heterocycles. The zero-order valence-electron chi connectivity index (χ0n) is 7.74. The van der Waals surface area contributed by atoms with E-state index in [4.69, 9.17) is 0 Å². The van der Waals surface area contributed by atoms with Crippen LogP contribution in [0.15, 0.2) is 12.1 Å². The monoisotopic (exact) mass is 275 g/mol. The Bertz CT molecular complexity index is 258. The van der Waals surface area contributed by atoms with Crippen molar-refractivity contribution in [1.29, 1.82) is 0 Å². The van der Waals surface area contributed by atoms with E-state index in [1.165, 1.54) is 22.3 Å². The van der Waals surface area contributed by atoms with Crippen LogP contribution in [0.3, 0.4) is 0 Å². The molecule has 0 bridgehead atoms. The highest BCUT2D eigenvalue weighted by Crippen LogP contribution is 2.16. The van der Waals surface area contributed by atoms with E-state index < -0.39 is 0 Å². The van der Waals surface area contributed by atoms with Crippen LogP contribution in [0, 0.1) is 20.8 Å². The Morgan fingerprint density at radius 1 is 1.17 bits per heavy atom. The zero-order valence-corrected chi connectivity index (χ0v) is 9.90. The lowest BCUT2D eigenvalue weighted by atomic mass is 10.0. The third-order valence-corrected chi connectivity index (χ3v) is 2.47. The van der Waals surface area contributed by atoms with Crippen molar-refractivity contribution in [3.05, 3.63) is 34.4 Å². The molecule has 0 saturated carbocycles. The number of rotatable bonds is 2. The third kappa shape index (κ3) is 2.20. The summed E-state index contributed by atoms with van der Waals surface area (Å²) >= 11 is 2.18. The first kappa shape index (κ1) is 9.99. The van der Waals surface area contributed by atoms with Crippen LogP contribution in [0.5, 0.6) is 0 Å². The van der Waals surface area contributed by atoms with Gasteiger partial charge in [-0.25, -0.2) is 0 Å². The molecule has 0 aliphatic heterocycles. The van der Waals surface area contributed by atoms with Gasteiger partial charge in [0, 0.05) is 29.4 Å². The summed E-state index contributed by atoms with van der Waals surface area (Å²) < 4.78 is 3.16. The summed E-state index contributed by atoms with van der Waals surface area (Å²) in [5.41, 5.74) is 5.55. The SMILES string of the molecule is Cc1cc(C)c(CNI)c(C)c1. The molecule has 66 valence electrons. The number of aryl methyl sites for hydroxylation is 3. The summed E-state index contributed by atoms with van der Waals surface area (Å²) in [4.78, 5) is 0. The van der Waals surface area contributed by atoms with Gasteiger partial charge >= 0.3 is 0 Å². The summed E-state index contributed by atoms with van der Waals surface area (Å²) in [5, 5.41) is 0. The quantitative estimate of drug-likeness (QED) is 0.646. The van der Waals surface area contributed by atoms with Gasteiger partial charge in [-0.05, 0) is 37.5 Å². The Balaban J connectivity index is 3.10. The van der Waals surface area contributed by atoms with E-state index >= 15 is 0 Å². The molecule has 0 fully saturated rings. The van der Waals surface area contributed by atoms with E-state index in [1.807, 2.05) is 0 Å². The van der Waals surface area contributed by atoms with Gasteiger partial charge < -0.3 is 0 Å². The molecular formula is C10H14IN. The van der Waals surface area contributed by atoms with Crippen molar-refractivity contribution < 1.29 is 0 Å². The third-order valence-electron chi connectivity index (χ3n) is 2.08. The highest BCUT2D eigenvalue weighted by atomic mass is 127. The van der Waals surface area contributed by atoms with Crippen LogP contribution in [-0.4, -0.2) is 0 Å². The minimum Gasteiger partial charge on any atom is -0.257 e. The molecule has 1 rings (SSSR count). The topological polar surface area (TPSA) is 12.0 Å². The summed E-state index contributed by atoms with van der Waals surface area (Å²) in [6.45, 7) is 7.44. The molecule has 0 aliphatic rings. The van der Waals surface area contributed by atoms with Crippen LogP contribution < -0.4 is 3.53 Å². The van der Waals surface area contributed by atoms with Crippen molar-refractivity contribution in [3.8, 4) is 0 Å². The number of halogens is 1. The van der Waals surface area contributed by atoms with Gasteiger partial charge in [0.1, 0.15) is 0 Å². The Morgan fingerprint density at radius 3 is 2.08 bits per heavy atom. The van der Waals surface area contributed by atoms with Crippen molar-refractivity contribution in [2.45, 2.75) is 27.3 Å². The summed E-state index contributed by atoms with van der Waals surface area (Å²) in [6.07, 6.45) is 0. The molecule has 0 radical (unpaired) electrons. The van der Waals surface area contributed by atoms with Crippen molar-refractivity contribution in [1.82, 2.24) is 3.53 Å². The highest BCUT2D eigenvalue weighted by molar-refractivity contribution is 14.1. The maximum Gasteiger partial charge on any atom is 0.0306 e. The van der Waals surface area contributed by atoms with E-state index in [-0.39, 0.29) is 0 Å². The minimum atomic E-state index is 0.957. The van der Waals surface area contributed by atoms with Crippen LogP contribution in [0.25, 0.3) is 0 Å². The van der Waals surface area contributed by atoms with Gasteiger partial charge in [0.15, 0.2) is 0 Å². The molecule has 1 aromatic rings. The predicted molar refractivity (Wildman–Crippen MR) is 61.5 cm³/mol. The standard InChI is InChI=1S/C10H14IN/c1-7-4-8(2)10(6-12-11)9(3)5-7/h4-5,12H,6H2,1-3H3. The summed E-state index contributed by atoms with van der Waals surface area (Å²) in [6, 6.07) is 4.46. The van der Waals surface area contributed by atoms with Crippen LogP contribution >= 0.6 is 22.9 Å². The fraction of sp³-hybridized carbons (Fsp3) is 0.400. The van der Waals surface area contributed by atoms with Crippen molar-refractivity contribution >= 4 is 22.9 Å². The van der Waals surface area contributed by atoms with Gasteiger partial charge in [-0.3, -0.25) is 3.53 Å². The van der Waals surface area contributed by atoms with Crippen LogP contribution in [0.4, 0.5) is 0 Å². The molecule has 0 aliphatic carbocycles. The normalized spacial score (nSPS) is 10.3. The summed E-state index contributed by atoms with van der Waals surface area (Å²) in [7, 11) is 0. The van der Waals surface area contributed by atoms with Crippen LogP contribution in [-0.2, 0) is 6.54 Å². The molecule has 0 saturated heterocycles. The molecule has 0 amide bonds. The molecular weight excluding hydrogens is 261 g/mol. The Hall–Kier alpha value is -0.0900. The lowest BCUT2D eigenvalue weighted by molar-refractivity contribution is 0.978. The Kier molecular flexibility index (Phi) is 3.53. The van der Waals surface area contributed by atoms with E-state index in [0.717, 1.165) is 6.54 Å². The molecule has 0 unspecified atom stereocenters. The van der Waals surface area contributed by atoms with Gasteiger partial charge in [-0.1, -0.05) is 17.7 Å². The number of nitrogens with one attached hydrogen (secondary N) is 1. The first-order chi connectivity index (χ1) is 5.65. The molecule has 12 heavy (non-hydrogen) atoms. The second kappa shape index (κ2) is 4.23. The van der Waals surface area contributed by atoms with Crippen molar-refractivity contribution in [3.63, 3.8) is 0 Å². The average Bonchev–Trinajstić information content (AvgIpc) is 1.96. The first-order valence-corrected chi connectivity index (χ1v) is 5.13. The highest BCUT2D eigenvalue weighted by Gasteiger charge is 2.01. The van der Waals surface area contributed by atoms with Gasteiger partial charge in [0.25, 0.3) is 0 Å². The van der Waals surface area contributed by atoms with Crippen molar-refractivity contribution in [2.24, 2.45) is 0 Å². The number of hydrogen-bond donors (Lipinski definition) is 1. The maximum absolute atomic E-state index is 3.16. The molecule has 1 aromatic carbocycles. The van der Waals surface area contributed by atoms with E-state index in [1.54, 1.807) is 0 Å². The van der Waals surface area contributed by atoms with Crippen LogP contribution in [0.1, 0.15) is 22.3 Å². The largest absolute Gasteiger partial charge is 0.257 e. The zero-order chi connectivity index (χ0) is 9.14. The van der Waals surface area contributed by atoms with Gasteiger partial charge in [0.05, 0.1) is 0 Å². The molecule has 2 heteroatoms. The maximum atomic E-state index is 3.16. The lowest BCUT2D eigenvalue weighted by Crippen LogP contribution is -2.02. The second-order valence-corrected chi connectivity index (χ2v) is 3.95.